The second kappa shape index (κ2) is 6.79. The van der Waals surface area contributed by atoms with Crippen LogP contribution in [0.1, 0.15) is 29.3 Å². The molecule has 2 aromatic carbocycles. The summed E-state index contributed by atoms with van der Waals surface area (Å²) in [4.78, 5) is 46.6. The van der Waals surface area contributed by atoms with Gasteiger partial charge in [0.2, 0.25) is 11.8 Å². The predicted molar refractivity (Wildman–Crippen MR) is 93.8 cm³/mol. The van der Waals surface area contributed by atoms with E-state index in [0.717, 1.165) is 11.1 Å². The van der Waals surface area contributed by atoms with E-state index in [2.05, 4.69) is 10.6 Å². The van der Waals surface area contributed by atoms with Crippen molar-refractivity contribution in [3.63, 3.8) is 0 Å². The summed E-state index contributed by atoms with van der Waals surface area (Å²) in [6, 6.07) is 10.8. The van der Waals surface area contributed by atoms with Gasteiger partial charge in [0.1, 0.15) is 6.04 Å². The number of carbonyl (C=O) groups excluding carboxylic acids is 3. The summed E-state index contributed by atoms with van der Waals surface area (Å²) in [5.74, 6) is -2.43. The van der Waals surface area contributed by atoms with E-state index in [1.54, 1.807) is 30.3 Å². The Labute approximate surface area is 149 Å². The summed E-state index contributed by atoms with van der Waals surface area (Å²) in [5.41, 5.74) is 3.14. The lowest BCUT2D eigenvalue weighted by Gasteiger charge is -2.13. The molecule has 0 aliphatic heterocycles. The highest BCUT2D eigenvalue weighted by atomic mass is 16.4. The number of nitrogens with one attached hydrogen (secondary N) is 2. The second-order valence-corrected chi connectivity index (χ2v) is 5.98. The molecule has 1 unspecified atom stereocenters. The van der Waals surface area contributed by atoms with Gasteiger partial charge in [-0.25, -0.2) is 4.79 Å². The summed E-state index contributed by atoms with van der Waals surface area (Å²) in [6.07, 6.45) is -0.401. The zero-order chi connectivity index (χ0) is 18.8. The summed E-state index contributed by atoms with van der Waals surface area (Å²) in [7, 11) is 0. The van der Waals surface area contributed by atoms with Gasteiger partial charge in [-0.05, 0) is 29.3 Å². The van der Waals surface area contributed by atoms with E-state index in [9.17, 15) is 19.2 Å². The van der Waals surface area contributed by atoms with Crippen LogP contribution in [0.3, 0.4) is 0 Å². The third kappa shape index (κ3) is 3.32. The van der Waals surface area contributed by atoms with Gasteiger partial charge in [0.15, 0.2) is 5.78 Å². The highest BCUT2D eigenvalue weighted by Crippen LogP contribution is 2.37. The van der Waals surface area contributed by atoms with E-state index in [-0.39, 0.29) is 5.78 Å². The lowest BCUT2D eigenvalue weighted by Crippen LogP contribution is -2.42. The fourth-order valence-electron chi connectivity index (χ4n) is 2.95. The fraction of sp³-hybridized carbons (Fsp3) is 0.158. The van der Waals surface area contributed by atoms with E-state index in [1.165, 1.54) is 6.92 Å². The molecule has 0 aromatic heterocycles. The zero-order valence-electron chi connectivity index (χ0n) is 13.9. The predicted octanol–water partition coefficient (Wildman–Crippen LogP) is 1.82. The lowest BCUT2D eigenvalue weighted by atomic mass is 10.1. The first kappa shape index (κ1) is 17.3. The molecule has 0 bridgehead atoms. The van der Waals surface area contributed by atoms with E-state index in [0.29, 0.717) is 16.8 Å². The lowest BCUT2D eigenvalue weighted by molar-refractivity contribution is -0.142. The Hall–Kier alpha value is -3.48. The van der Waals surface area contributed by atoms with Crippen LogP contribution in [0, 0.1) is 0 Å². The van der Waals surface area contributed by atoms with Crippen LogP contribution in [0.15, 0.2) is 42.5 Å². The fourth-order valence-corrected chi connectivity index (χ4v) is 2.95. The first-order chi connectivity index (χ1) is 12.4. The van der Waals surface area contributed by atoms with Crippen LogP contribution in [-0.4, -0.2) is 34.7 Å². The third-order valence-electron chi connectivity index (χ3n) is 4.07. The molecule has 1 aliphatic rings. The molecule has 3 rings (SSSR count). The number of rotatable bonds is 5. The molecule has 1 atom stereocenters. The molecule has 0 fully saturated rings. The van der Waals surface area contributed by atoms with Crippen LogP contribution in [0.2, 0.25) is 0 Å². The highest BCUT2D eigenvalue weighted by Gasteiger charge is 2.27. The van der Waals surface area contributed by atoms with Gasteiger partial charge in [-0.2, -0.15) is 0 Å². The average Bonchev–Trinajstić information content (AvgIpc) is 2.87. The summed E-state index contributed by atoms with van der Waals surface area (Å²) in [5, 5.41) is 13.9. The number of carboxylic acid groups (broad SMARTS) is 1. The maximum absolute atomic E-state index is 12.4. The van der Waals surface area contributed by atoms with E-state index < -0.39 is 30.2 Å². The summed E-state index contributed by atoms with van der Waals surface area (Å²) in [6.45, 7) is 1.18. The van der Waals surface area contributed by atoms with E-state index in [1.807, 2.05) is 12.1 Å². The van der Waals surface area contributed by atoms with Gasteiger partial charge in [0.05, 0.1) is 6.42 Å². The van der Waals surface area contributed by atoms with Crippen LogP contribution in [0.25, 0.3) is 11.1 Å². The molecule has 2 aromatic rings. The smallest absolute Gasteiger partial charge is 0.326 e. The largest absolute Gasteiger partial charge is 0.480 e. The Morgan fingerprint density at radius 2 is 1.65 bits per heavy atom. The minimum Gasteiger partial charge on any atom is -0.480 e. The number of ketones is 1. The zero-order valence-corrected chi connectivity index (χ0v) is 13.9. The van der Waals surface area contributed by atoms with Crippen molar-refractivity contribution in [3.05, 3.63) is 53.6 Å². The van der Waals surface area contributed by atoms with E-state index >= 15 is 0 Å². The molecule has 7 heteroatoms. The van der Waals surface area contributed by atoms with Crippen molar-refractivity contribution in [2.75, 3.05) is 5.32 Å². The molecule has 1 aliphatic carbocycles. The van der Waals surface area contributed by atoms with Gasteiger partial charge in [0.25, 0.3) is 0 Å². The summed E-state index contributed by atoms with van der Waals surface area (Å²) < 4.78 is 0. The van der Waals surface area contributed by atoms with Crippen molar-refractivity contribution in [1.82, 2.24) is 5.32 Å². The molecule has 2 amide bonds. The molecule has 7 nitrogen and oxygen atoms in total. The number of benzene rings is 2. The topological polar surface area (TPSA) is 113 Å². The molecule has 26 heavy (non-hydrogen) atoms. The first-order valence-electron chi connectivity index (χ1n) is 7.94. The van der Waals surface area contributed by atoms with Crippen LogP contribution in [-0.2, 0) is 14.4 Å². The Kier molecular flexibility index (Phi) is 4.53. The third-order valence-corrected chi connectivity index (χ3v) is 4.07. The standard InChI is InChI=1S/C19H16N2O5/c1-10(22)20-16(19(25)26)9-17(23)21-11-6-7-14-15(8-11)12-4-2-3-5-13(12)18(14)24/h2-8,16H,9H2,1H3,(H,20,22)(H,21,23)(H,25,26). The quantitative estimate of drug-likeness (QED) is 0.648. The Balaban J connectivity index is 1.78. The number of carbonyl (C=O) groups is 4. The van der Waals surface area contributed by atoms with Crippen molar-refractivity contribution >= 4 is 29.3 Å². The van der Waals surface area contributed by atoms with Crippen molar-refractivity contribution in [1.29, 1.82) is 0 Å². The minimum atomic E-state index is -1.30. The van der Waals surface area contributed by atoms with Gasteiger partial charge in [-0.1, -0.05) is 24.3 Å². The number of fused-ring (bicyclic) bond motifs is 3. The van der Waals surface area contributed by atoms with Gasteiger partial charge in [0, 0.05) is 23.7 Å². The van der Waals surface area contributed by atoms with Gasteiger partial charge in [-0.3, -0.25) is 14.4 Å². The van der Waals surface area contributed by atoms with Crippen LogP contribution in [0.4, 0.5) is 5.69 Å². The van der Waals surface area contributed by atoms with Crippen LogP contribution in [0.5, 0.6) is 0 Å². The Bertz CT molecular complexity index is 935. The molecule has 0 spiro atoms. The molecule has 132 valence electrons. The Morgan fingerprint density at radius 1 is 1.00 bits per heavy atom. The molecule has 3 N–H and O–H groups in total. The van der Waals surface area contributed by atoms with E-state index in [4.69, 9.17) is 5.11 Å². The monoisotopic (exact) mass is 352 g/mol. The van der Waals surface area contributed by atoms with Crippen molar-refractivity contribution in [2.24, 2.45) is 0 Å². The molecule has 0 radical (unpaired) electrons. The number of anilines is 1. The van der Waals surface area contributed by atoms with Crippen LogP contribution >= 0.6 is 0 Å². The number of aliphatic carboxylic acids is 1. The maximum Gasteiger partial charge on any atom is 0.326 e. The number of amides is 2. The molecule has 0 saturated carbocycles. The SMILES string of the molecule is CC(=O)NC(CC(=O)Nc1ccc2c(c1)-c1ccccc1C2=O)C(=O)O. The van der Waals surface area contributed by atoms with Crippen molar-refractivity contribution in [3.8, 4) is 11.1 Å². The highest BCUT2D eigenvalue weighted by molar-refractivity contribution is 6.22. The maximum atomic E-state index is 12.4. The van der Waals surface area contributed by atoms with Crippen molar-refractivity contribution < 1.29 is 24.3 Å². The van der Waals surface area contributed by atoms with Gasteiger partial charge >= 0.3 is 5.97 Å². The van der Waals surface area contributed by atoms with Crippen LogP contribution < -0.4 is 10.6 Å². The summed E-state index contributed by atoms with van der Waals surface area (Å²) >= 11 is 0. The van der Waals surface area contributed by atoms with Gasteiger partial charge in [-0.15, -0.1) is 0 Å². The van der Waals surface area contributed by atoms with Crippen molar-refractivity contribution in [2.45, 2.75) is 19.4 Å². The molecular formula is C19H16N2O5. The molecular weight excluding hydrogens is 336 g/mol. The normalized spacial score (nSPS) is 12.7. The molecule has 0 heterocycles. The Morgan fingerprint density at radius 3 is 2.31 bits per heavy atom. The number of hydrogen-bond acceptors (Lipinski definition) is 4. The minimum absolute atomic E-state index is 0.0647. The second-order valence-electron chi connectivity index (χ2n) is 5.98. The number of hydrogen-bond donors (Lipinski definition) is 3. The number of carboxylic acids is 1. The van der Waals surface area contributed by atoms with Gasteiger partial charge < -0.3 is 15.7 Å². The molecule has 0 saturated heterocycles. The average molecular weight is 352 g/mol. The first-order valence-corrected chi connectivity index (χ1v) is 7.94.